The van der Waals surface area contributed by atoms with E-state index in [0.717, 1.165) is 42.9 Å². The number of nitrogens with one attached hydrogen (secondary N) is 2. The summed E-state index contributed by atoms with van der Waals surface area (Å²) in [7, 11) is 2.13. The lowest BCUT2D eigenvalue weighted by Gasteiger charge is -2.34. The van der Waals surface area contributed by atoms with Crippen molar-refractivity contribution in [1.29, 1.82) is 0 Å². The van der Waals surface area contributed by atoms with Crippen LogP contribution in [0.1, 0.15) is 17.3 Å². The molecule has 4 aromatic rings. The van der Waals surface area contributed by atoms with Gasteiger partial charge >= 0.3 is 0 Å². The van der Waals surface area contributed by atoms with Gasteiger partial charge < -0.3 is 25.5 Å². The summed E-state index contributed by atoms with van der Waals surface area (Å²) < 4.78 is 0. The second-order valence-corrected chi connectivity index (χ2v) is 8.14. The van der Waals surface area contributed by atoms with Crippen LogP contribution in [0, 0.1) is 0 Å². The van der Waals surface area contributed by atoms with E-state index in [1.807, 2.05) is 6.07 Å². The van der Waals surface area contributed by atoms with Crippen molar-refractivity contribution in [3.63, 3.8) is 0 Å². The zero-order valence-corrected chi connectivity index (χ0v) is 17.5. The van der Waals surface area contributed by atoms with E-state index in [9.17, 15) is 9.59 Å². The van der Waals surface area contributed by atoms with Crippen LogP contribution in [0.4, 0.5) is 11.4 Å². The molecule has 0 bridgehead atoms. The Kier molecular flexibility index (Phi) is 4.51. The van der Waals surface area contributed by atoms with Crippen LogP contribution in [0.3, 0.4) is 0 Å². The molecule has 8 nitrogen and oxygen atoms in total. The van der Waals surface area contributed by atoms with Crippen molar-refractivity contribution < 1.29 is 4.79 Å². The Hall–Kier alpha value is -3.65. The molecule has 0 aliphatic carbocycles. The van der Waals surface area contributed by atoms with Crippen LogP contribution in [0.5, 0.6) is 0 Å². The Morgan fingerprint density at radius 3 is 2.55 bits per heavy atom. The van der Waals surface area contributed by atoms with E-state index in [-0.39, 0.29) is 16.9 Å². The Morgan fingerprint density at radius 2 is 1.81 bits per heavy atom. The maximum Gasteiger partial charge on any atom is 0.261 e. The molecule has 1 saturated heterocycles. The lowest BCUT2D eigenvalue weighted by molar-refractivity contribution is 0.101. The summed E-state index contributed by atoms with van der Waals surface area (Å²) >= 11 is 0. The number of ketones is 1. The number of pyridine rings is 1. The topological polar surface area (TPSA) is 111 Å². The number of nitrogens with zero attached hydrogens (tertiary/aromatic N) is 3. The van der Waals surface area contributed by atoms with Gasteiger partial charge in [0, 0.05) is 42.8 Å². The van der Waals surface area contributed by atoms with Gasteiger partial charge in [-0.3, -0.25) is 9.59 Å². The number of piperazine rings is 1. The third-order valence-corrected chi connectivity index (χ3v) is 6.03. The summed E-state index contributed by atoms with van der Waals surface area (Å²) in [5.74, 6) is 0.355. The number of carbonyl (C=O) groups is 1. The standard InChI is InChI=1S/C23H24N6O2/c1-13(30)14-3-5-17-16(11-14)21(24)20(23(31)27-17)22-25-18-6-4-15(12-19(18)26-22)29-9-7-28(2)8-10-29/h3-6,11-12H,7-10H2,1-2H3,(H,25,26)(H3,24,27,31). The number of aromatic nitrogens is 3. The Labute approximate surface area is 178 Å². The first-order valence-corrected chi connectivity index (χ1v) is 10.3. The molecule has 4 N–H and O–H groups in total. The number of fused-ring (bicyclic) bond motifs is 2. The highest BCUT2D eigenvalue weighted by atomic mass is 16.1. The number of nitrogens with two attached hydrogens (primary N) is 1. The van der Waals surface area contributed by atoms with E-state index in [1.165, 1.54) is 6.92 Å². The highest BCUT2D eigenvalue weighted by molar-refractivity contribution is 6.03. The van der Waals surface area contributed by atoms with Crippen molar-refractivity contribution in [2.24, 2.45) is 0 Å². The minimum absolute atomic E-state index is 0.0609. The van der Waals surface area contributed by atoms with E-state index < -0.39 is 0 Å². The molecule has 0 unspecified atom stereocenters. The molecule has 0 amide bonds. The molecule has 0 saturated carbocycles. The molecule has 158 valence electrons. The van der Waals surface area contributed by atoms with E-state index in [2.05, 4.69) is 43.9 Å². The third-order valence-electron chi connectivity index (χ3n) is 6.03. The van der Waals surface area contributed by atoms with E-state index in [4.69, 9.17) is 5.73 Å². The molecule has 1 fully saturated rings. The van der Waals surface area contributed by atoms with Gasteiger partial charge in [0.05, 0.1) is 22.2 Å². The normalized spacial score (nSPS) is 15.1. The molecule has 31 heavy (non-hydrogen) atoms. The first kappa shape index (κ1) is 19.3. The smallest absolute Gasteiger partial charge is 0.261 e. The zero-order valence-electron chi connectivity index (χ0n) is 17.5. The van der Waals surface area contributed by atoms with Crippen molar-refractivity contribution in [1.82, 2.24) is 19.9 Å². The summed E-state index contributed by atoms with van der Waals surface area (Å²) in [6.45, 7) is 5.49. The predicted molar refractivity (Wildman–Crippen MR) is 124 cm³/mol. The maximum absolute atomic E-state index is 12.8. The minimum atomic E-state index is -0.320. The number of H-pyrrole nitrogens is 2. The van der Waals surface area contributed by atoms with Gasteiger partial charge in [-0.15, -0.1) is 0 Å². The molecule has 1 aliphatic rings. The van der Waals surface area contributed by atoms with Gasteiger partial charge in [-0.25, -0.2) is 4.98 Å². The number of Topliss-reactive ketones (excluding diaryl/α,β-unsaturated/α-hetero) is 1. The molecule has 2 aromatic heterocycles. The van der Waals surface area contributed by atoms with E-state index >= 15 is 0 Å². The van der Waals surface area contributed by atoms with E-state index in [0.29, 0.717) is 28.0 Å². The lowest BCUT2D eigenvalue weighted by Crippen LogP contribution is -2.44. The minimum Gasteiger partial charge on any atom is -0.397 e. The fourth-order valence-corrected chi connectivity index (χ4v) is 4.15. The number of hydrogen-bond donors (Lipinski definition) is 3. The second kappa shape index (κ2) is 7.24. The van der Waals surface area contributed by atoms with Crippen molar-refractivity contribution in [2.75, 3.05) is 43.9 Å². The zero-order chi connectivity index (χ0) is 21.7. The predicted octanol–water partition coefficient (Wildman–Crippen LogP) is 2.61. The number of nitrogen functional groups attached to an aromatic ring is 1. The van der Waals surface area contributed by atoms with Crippen LogP contribution in [0.2, 0.25) is 0 Å². The van der Waals surface area contributed by atoms with E-state index in [1.54, 1.807) is 18.2 Å². The molecular weight excluding hydrogens is 392 g/mol. The van der Waals surface area contributed by atoms with Crippen molar-refractivity contribution in [3.8, 4) is 11.4 Å². The molecule has 0 atom stereocenters. The largest absolute Gasteiger partial charge is 0.397 e. The van der Waals surface area contributed by atoms with Crippen molar-refractivity contribution >= 4 is 39.1 Å². The van der Waals surface area contributed by atoms with Crippen LogP contribution >= 0.6 is 0 Å². The number of benzene rings is 2. The summed E-state index contributed by atoms with van der Waals surface area (Å²) in [4.78, 5) is 40.0. The van der Waals surface area contributed by atoms with Gasteiger partial charge in [-0.05, 0) is 50.4 Å². The van der Waals surface area contributed by atoms with Crippen molar-refractivity contribution in [3.05, 3.63) is 52.3 Å². The number of carbonyl (C=O) groups excluding carboxylic acids is 1. The summed E-state index contributed by atoms with van der Waals surface area (Å²) in [6, 6.07) is 11.2. The Balaban J connectivity index is 1.60. The molecule has 1 aliphatic heterocycles. The average molecular weight is 416 g/mol. The molecule has 0 spiro atoms. The first-order chi connectivity index (χ1) is 14.9. The number of aromatic amines is 2. The Morgan fingerprint density at radius 1 is 1.03 bits per heavy atom. The molecule has 0 radical (unpaired) electrons. The van der Waals surface area contributed by atoms with Crippen LogP contribution in [-0.4, -0.2) is 58.9 Å². The fourth-order valence-electron chi connectivity index (χ4n) is 4.15. The van der Waals surface area contributed by atoms with Crippen LogP contribution in [-0.2, 0) is 0 Å². The van der Waals surface area contributed by atoms with Crippen LogP contribution < -0.4 is 16.2 Å². The van der Waals surface area contributed by atoms with Gasteiger partial charge in [0.2, 0.25) is 0 Å². The number of hydrogen-bond acceptors (Lipinski definition) is 6. The lowest BCUT2D eigenvalue weighted by atomic mass is 10.0. The van der Waals surface area contributed by atoms with Crippen LogP contribution in [0.15, 0.2) is 41.2 Å². The van der Waals surface area contributed by atoms with Crippen LogP contribution in [0.25, 0.3) is 33.3 Å². The summed E-state index contributed by atoms with van der Waals surface area (Å²) in [5.41, 5.74) is 10.5. The molecule has 3 heterocycles. The fraction of sp³-hybridized carbons (Fsp3) is 0.261. The first-order valence-electron chi connectivity index (χ1n) is 10.3. The van der Waals surface area contributed by atoms with Gasteiger partial charge in [0.25, 0.3) is 5.56 Å². The van der Waals surface area contributed by atoms with Crippen molar-refractivity contribution in [2.45, 2.75) is 6.92 Å². The average Bonchev–Trinajstić information content (AvgIpc) is 3.16. The summed E-state index contributed by atoms with van der Waals surface area (Å²) in [5, 5.41) is 0.626. The molecule has 2 aromatic carbocycles. The SMILES string of the molecule is CC(=O)c1ccc2[nH]c(=O)c(-c3nc4ccc(N5CCN(C)CC5)cc4[nH]3)c(N)c2c1. The maximum atomic E-state index is 12.8. The van der Waals surface area contributed by atoms with Gasteiger partial charge in [-0.1, -0.05) is 0 Å². The number of imidazole rings is 1. The molecule has 5 rings (SSSR count). The number of rotatable bonds is 3. The van der Waals surface area contributed by atoms with Gasteiger partial charge in [0.1, 0.15) is 11.4 Å². The third kappa shape index (κ3) is 3.34. The molecule has 8 heteroatoms. The number of anilines is 2. The monoisotopic (exact) mass is 416 g/mol. The Bertz CT molecular complexity index is 1380. The summed E-state index contributed by atoms with van der Waals surface area (Å²) in [6.07, 6.45) is 0. The number of likely N-dealkylation sites (N-methyl/N-ethyl adjacent to an activating group) is 1. The highest BCUT2D eigenvalue weighted by Gasteiger charge is 2.18. The highest BCUT2D eigenvalue weighted by Crippen LogP contribution is 2.30. The van der Waals surface area contributed by atoms with Gasteiger partial charge in [-0.2, -0.15) is 0 Å². The second-order valence-electron chi connectivity index (χ2n) is 8.14. The molecular formula is C23H24N6O2. The quantitative estimate of drug-likeness (QED) is 0.443. The van der Waals surface area contributed by atoms with Gasteiger partial charge in [0.15, 0.2) is 5.78 Å².